The van der Waals surface area contributed by atoms with Gasteiger partial charge in [-0.2, -0.15) is 0 Å². The van der Waals surface area contributed by atoms with Crippen molar-refractivity contribution in [3.63, 3.8) is 0 Å². The predicted octanol–water partition coefficient (Wildman–Crippen LogP) is 3.76. The summed E-state index contributed by atoms with van der Waals surface area (Å²) in [6.45, 7) is 2.09. The number of nitro benzene ring substituents is 1. The second-order valence-electron chi connectivity index (χ2n) is 5.26. The smallest absolute Gasteiger partial charge is 0.270 e. The van der Waals surface area contributed by atoms with Crippen LogP contribution in [0.15, 0.2) is 34.8 Å². The molecule has 0 bridgehead atoms. The average molecular weight is 323 g/mol. The van der Waals surface area contributed by atoms with Gasteiger partial charge >= 0.3 is 0 Å². The second-order valence-corrected chi connectivity index (χ2v) is 6.12. The number of benzene rings is 1. The van der Waals surface area contributed by atoms with Crippen LogP contribution in [0.2, 0.25) is 0 Å². The van der Waals surface area contributed by atoms with Gasteiger partial charge in [0.05, 0.1) is 10.6 Å². The Labute approximate surface area is 120 Å². The molecule has 1 saturated heterocycles. The maximum absolute atomic E-state index is 10.8. The lowest BCUT2D eigenvalue weighted by Gasteiger charge is -2.19. The summed E-state index contributed by atoms with van der Waals surface area (Å²) in [7, 11) is 0. The van der Waals surface area contributed by atoms with Gasteiger partial charge in [0, 0.05) is 29.7 Å². The van der Waals surface area contributed by atoms with Crippen LogP contribution in [0, 0.1) is 22.0 Å². The highest BCUT2D eigenvalue weighted by Gasteiger charge is 2.33. The summed E-state index contributed by atoms with van der Waals surface area (Å²) in [6.07, 6.45) is 6.86. The number of allylic oxidation sites excluding steroid dienone is 2. The van der Waals surface area contributed by atoms with Gasteiger partial charge in [-0.05, 0) is 46.7 Å². The Morgan fingerprint density at radius 1 is 1.21 bits per heavy atom. The van der Waals surface area contributed by atoms with Gasteiger partial charge < -0.3 is 4.90 Å². The van der Waals surface area contributed by atoms with Crippen molar-refractivity contribution in [3.8, 4) is 0 Å². The molecule has 4 nitrogen and oxygen atoms in total. The van der Waals surface area contributed by atoms with Crippen LogP contribution in [0.25, 0.3) is 0 Å². The van der Waals surface area contributed by atoms with Crippen molar-refractivity contribution < 1.29 is 4.92 Å². The van der Waals surface area contributed by atoms with Gasteiger partial charge in [0.2, 0.25) is 0 Å². The Balaban J connectivity index is 1.82. The van der Waals surface area contributed by atoms with Crippen molar-refractivity contribution in [2.24, 2.45) is 11.8 Å². The standard InChI is InChI=1S/C14H15BrN2O2/c15-13-7-12(17(18)19)5-6-14(13)16-8-10-3-1-2-4-11(10)9-16/h1-2,5-7,10-11H,3-4,8-9H2. The maximum atomic E-state index is 10.8. The minimum absolute atomic E-state index is 0.133. The first-order valence-electron chi connectivity index (χ1n) is 6.49. The fraction of sp³-hybridized carbons (Fsp3) is 0.429. The van der Waals surface area contributed by atoms with Gasteiger partial charge in [-0.3, -0.25) is 10.1 Å². The van der Waals surface area contributed by atoms with Gasteiger partial charge in [-0.25, -0.2) is 0 Å². The molecule has 5 heteroatoms. The molecule has 3 rings (SSSR count). The number of hydrogen-bond acceptors (Lipinski definition) is 3. The monoisotopic (exact) mass is 322 g/mol. The minimum Gasteiger partial charge on any atom is -0.370 e. The predicted molar refractivity (Wildman–Crippen MR) is 78.4 cm³/mol. The topological polar surface area (TPSA) is 46.4 Å². The summed E-state index contributed by atoms with van der Waals surface area (Å²) < 4.78 is 0.813. The summed E-state index contributed by atoms with van der Waals surface area (Å²) in [4.78, 5) is 12.7. The first kappa shape index (κ1) is 12.7. The number of anilines is 1. The zero-order valence-electron chi connectivity index (χ0n) is 10.5. The van der Waals surface area contributed by atoms with Gasteiger partial charge in [0.15, 0.2) is 0 Å². The molecule has 2 unspecified atom stereocenters. The van der Waals surface area contributed by atoms with Crippen LogP contribution in [0.3, 0.4) is 0 Å². The van der Waals surface area contributed by atoms with Crippen LogP contribution in [0.5, 0.6) is 0 Å². The first-order chi connectivity index (χ1) is 9.15. The molecule has 2 aliphatic rings. The number of hydrogen-bond donors (Lipinski definition) is 0. The zero-order chi connectivity index (χ0) is 13.4. The van der Waals surface area contributed by atoms with Crippen molar-refractivity contribution >= 4 is 27.3 Å². The summed E-state index contributed by atoms with van der Waals surface area (Å²) >= 11 is 3.46. The molecular formula is C14H15BrN2O2. The van der Waals surface area contributed by atoms with Crippen LogP contribution in [0.4, 0.5) is 11.4 Å². The van der Waals surface area contributed by atoms with Crippen LogP contribution >= 0.6 is 15.9 Å². The molecule has 1 heterocycles. The first-order valence-corrected chi connectivity index (χ1v) is 7.28. The van der Waals surface area contributed by atoms with E-state index in [1.165, 1.54) is 0 Å². The highest BCUT2D eigenvalue weighted by Crippen LogP contribution is 2.38. The van der Waals surface area contributed by atoms with Gasteiger partial charge in [-0.15, -0.1) is 0 Å². The zero-order valence-corrected chi connectivity index (χ0v) is 12.0. The van der Waals surface area contributed by atoms with E-state index in [2.05, 4.69) is 33.0 Å². The second kappa shape index (κ2) is 4.96. The number of nitro groups is 1. The summed E-state index contributed by atoms with van der Waals surface area (Å²) in [5.41, 5.74) is 1.20. The van der Waals surface area contributed by atoms with E-state index in [1.807, 2.05) is 6.07 Å². The highest BCUT2D eigenvalue weighted by molar-refractivity contribution is 9.10. The summed E-state index contributed by atoms with van der Waals surface area (Å²) in [5.74, 6) is 1.46. The fourth-order valence-corrected chi connectivity index (χ4v) is 3.69. The lowest BCUT2D eigenvalue weighted by Crippen LogP contribution is -2.20. The Hall–Kier alpha value is -1.36. The molecule has 1 aromatic carbocycles. The Kier molecular flexibility index (Phi) is 3.31. The third-order valence-electron chi connectivity index (χ3n) is 4.10. The normalized spacial score (nSPS) is 25.4. The van der Waals surface area contributed by atoms with E-state index in [0.29, 0.717) is 0 Å². The van der Waals surface area contributed by atoms with Crippen molar-refractivity contribution in [1.82, 2.24) is 0 Å². The fourth-order valence-electron chi connectivity index (χ4n) is 3.08. The molecule has 0 spiro atoms. The van der Waals surface area contributed by atoms with E-state index < -0.39 is 0 Å². The summed E-state index contributed by atoms with van der Waals surface area (Å²) in [5, 5.41) is 10.8. The third-order valence-corrected chi connectivity index (χ3v) is 4.74. The molecule has 19 heavy (non-hydrogen) atoms. The van der Waals surface area contributed by atoms with E-state index in [0.717, 1.165) is 47.9 Å². The van der Waals surface area contributed by atoms with Crippen LogP contribution in [-0.2, 0) is 0 Å². The molecule has 1 aromatic rings. The molecule has 1 fully saturated rings. The lowest BCUT2D eigenvalue weighted by atomic mass is 9.86. The van der Waals surface area contributed by atoms with Crippen molar-refractivity contribution in [2.75, 3.05) is 18.0 Å². The van der Waals surface area contributed by atoms with Crippen LogP contribution in [-0.4, -0.2) is 18.0 Å². The van der Waals surface area contributed by atoms with E-state index >= 15 is 0 Å². The highest BCUT2D eigenvalue weighted by atomic mass is 79.9. The number of rotatable bonds is 2. The minimum atomic E-state index is -0.359. The van der Waals surface area contributed by atoms with Crippen LogP contribution < -0.4 is 4.90 Å². The quantitative estimate of drug-likeness (QED) is 0.473. The largest absolute Gasteiger partial charge is 0.370 e. The molecule has 100 valence electrons. The van der Waals surface area contributed by atoms with Crippen LogP contribution in [0.1, 0.15) is 12.8 Å². The maximum Gasteiger partial charge on any atom is 0.270 e. The van der Waals surface area contributed by atoms with Crippen molar-refractivity contribution in [2.45, 2.75) is 12.8 Å². The van der Waals surface area contributed by atoms with Gasteiger partial charge in [0.25, 0.3) is 5.69 Å². The van der Waals surface area contributed by atoms with Gasteiger partial charge in [-0.1, -0.05) is 12.2 Å². The Morgan fingerprint density at radius 3 is 2.37 bits per heavy atom. The molecule has 1 aliphatic carbocycles. The van der Waals surface area contributed by atoms with E-state index in [4.69, 9.17) is 0 Å². The Bertz CT molecular complexity index is 528. The molecule has 0 radical (unpaired) electrons. The SMILES string of the molecule is O=[N+]([O-])c1ccc(N2CC3CC=CCC3C2)c(Br)c1. The number of fused-ring (bicyclic) bond motifs is 1. The molecular weight excluding hydrogens is 308 g/mol. The van der Waals surface area contributed by atoms with E-state index in [-0.39, 0.29) is 10.6 Å². The summed E-state index contributed by atoms with van der Waals surface area (Å²) in [6, 6.07) is 5.03. The molecule has 0 saturated carbocycles. The van der Waals surface area contributed by atoms with E-state index in [9.17, 15) is 10.1 Å². The average Bonchev–Trinajstić information content (AvgIpc) is 2.81. The molecule has 0 N–H and O–H groups in total. The number of halogens is 1. The number of nitrogens with zero attached hydrogens (tertiary/aromatic N) is 2. The van der Waals surface area contributed by atoms with E-state index in [1.54, 1.807) is 12.1 Å². The molecule has 0 aromatic heterocycles. The Morgan fingerprint density at radius 2 is 1.84 bits per heavy atom. The lowest BCUT2D eigenvalue weighted by molar-refractivity contribution is -0.384. The van der Waals surface area contributed by atoms with Crippen molar-refractivity contribution in [1.29, 1.82) is 0 Å². The molecule has 2 atom stereocenters. The van der Waals surface area contributed by atoms with Crippen molar-refractivity contribution in [3.05, 3.63) is 44.9 Å². The third kappa shape index (κ3) is 2.39. The number of non-ortho nitro benzene ring substituents is 1. The molecule has 1 aliphatic heterocycles. The van der Waals surface area contributed by atoms with Gasteiger partial charge in [0.1, 0.15) is 0 Å². The molecule has 0 amide bonds.